The Morgan fingerprint density at radius 1 is 1.05 bits per heavy atom. The van der Waals surface area contributed by atoms with E-state index in [1.807, 2.05) is 30.1 Å². The molecule has 3 nitrogen and oxygen atoms in total. The van der Waals surface area contributed by atoms with Gasteiger partial charge in [0, 0.05) is 0 Å². The number of hydrogen-bond acceptors (Lipinski definition) is 2. The van der Waals surface area contributed by atoms with Crippen LogP contribution in [0, 0.1) is 6.42 Å². The lowest BCUT2D eigenvalue weighted by atomic mass is 9.84. The second-order valence-corrected chi connectivity index (χ2v) is 5.90. The minimum atomic E-state index is -0.271. The molecule has 1 heterocycles. The summed E-state index contributed by atoms with van der Waals surface area (Å²) in [4.78, 5) is 13.5. The highest BCUT2D eigenvalue weighted by atomic mass is 16.1. The molecule has 3 heteroatoms. The van der Waals surface area contributed by atoms with Crippen LogP contribution in [0.2, 0.25) is 0 Å². The molecule has 1 saturated heterocycles. The lowest BCUT2D eigenvalue weighted by molar-refractivity contribution is -0.122. The number of likely N-dealkylation sites (tertiary alicyclic amines) is 1. The molecule has 1 aliphatic heterocycles. The number of benzene rings is 2. The number of amides is 1. The average Bonchev–Trinajstić information content (AvgIpc) is 2.56. The largest absolute Gasteiger partial charge is 0.368 e. The first-order valence-electron chi connectivity index (χ1n) is 7.65. The van der Waals surface area contributed by atoms with Crippen molar-refractivity contribution >= 4 is 5.91 Å². The smallest absolute Gasteiger partial charge is 0.235 e. The van der Waals surface area contributed by atoms with E-state index in [1.54, 1.807) is 0 Å². The maximum Gasteiger partial charge on any atom is 0.235 e. The number of nitrogens with two attached hydrogens (primary N) is 1. The molecule has 2 aromatic carbocycles. The van der Waals surface area contributed by atoms with Crippen molar-refractivity contribution in [2.45, 2.75) is 18.4 Å². The van der Waals surface area contributed by atoms with Crippen LogP contribution in [-0.4, -0.2) is 30.4 Å². The fourth-order valence-corrected chi connectivity index (χ4v) is 3.09. The Hall–Kier alpha value is -2.13. The number of likely N-dealkylation sites (N-methyl/N-ethyl adjacent to an activating group) is 1. The van der Waals surface area contributed by atoms with Crippen molar-refractivity contribution in [3.05, 3.63) is 66.6 Å². The van der Waals surface area contributed by atoms with E-state index in [4.69, 9.17) is 5.73 Å². The molecule has 0 aliphatic carbocycles. The van der Waals surface area contributed by atoms with Crippen LogP contribution in [0.1, 0.15) is 17.9 Å². The lowest BCUT2D eigenvalue weighted by Crippen LogP contribution is -2.47. The molecule has 2 atom stereocenters. The Labute approximate surface area is 131 Å². The number of rotatable bonds is 3. The van der Waals surface area contributed by atoms with Crippen LogP contribution in [-0.2, 0) is 4.79 Å². The van der Waals surface area contributed by atoms with Gasteiger partial charge in [0.15, 0.2) is 0 Å². The van der Waals surface area contributed by atoms with Crippen molar-refractivity contribution in [2.24, 2.45) is 5.73 Å². The van der Waals surface area contributed by atoms with Gasteiger partial charge >= 0.3 is 0 Å². The maximum absolute atomic E-state index is 11.5. The van der Waals surface area contributed by atoms with Gasteiger partial charge in [0.2, 0.25) is 5.91 Å². The topological polar surface area (TPSA) is 46.3 Å². The van der Waals surface area contributed by atoms with Crippen LogP contribution in [0.15, 0.2) is 54.6 Å². The number of nitrogens with zero attached hydrogens (tertiary/aromatic N) is 1. The van der Waals surface area contributed by atoms with E-state index < -0.39 is 0 Å². The maximum atomic E-state index is 11.5. The van der Waals surface area contributed by atoms with Gasteiger partial charge in [0.25, 0.3) is 0 Å². The van der Waals surface area contributed by atoms with Crippen LogP contribution >= 0.6 is 0 Å². The normalized spacial score (nSPS) is 22.4. The summed E-state index contributed by atoms with van der Waals surface area (Å²) in [6.45, 7) is 0.884. The Morgan fingerprint density at radius 3 is 2.32 bits per heavy atom. The van der Waals surface area contributed by atoms with Gasteiger partial charge in [0.05, 0.1) is 6.04 Å². The summed E-state index contributed by atoms with van der Waals surface area (Å²) in [6.07, 6.45) is 3.09. The fourth-order valence-electron chi connectivity index (χ4n) is 3.09. The Balaban J connectivity index is 1.77. The second kappa shape index (κ2) is 6.32. The molecule has 0 aromatic heterocycles. The molecule has 1 amide bonds. The standard InChI is InChI=1S/C19H21N2O/c1-21-12-11-17(13-18(21)19(20)22)16-9-7-15(8-10-16)14-5-3-2-4-6-14/h2-10,13,17-18H,11-12H2,1H3,(H2,20,22)/t17-,18-/m0/s1. The first kappa shape index (κ1) is 14.8. The fraction of sp³-hybridized carbons (Fsp3) is 0.263. The molecule has 2 N–H and O–H groups in total. The zero-order valence-electron chi connectivity index (χ0n) is 12.8. The van der Waals surface area contributed by atoms with E-state index in [0.29, 0.717) is 5.92 Å². The van der Waals surface area contributed by atoms with E-state index in [9.17, 15) is 4.79 Å². The third-order valence-electron chi connectivity index (χ3n) is 4.42. The Bertz CT molecular complexity index is 636. The summed E-state index contributed by atoms with van der Waals surface area (Å²) in [6, 6.07) is 18.7. The lowest BCUT2D eigenvalue weighted by Gasteiger charge is -2.35. The molecule has 0 spiro atoms. The van der Waals surface area contributed by atoms with E-state index in [-0.39, 0.29) is 11.9 Å². The molecular formula is C19H21N2O. The number of carbonyl (C=O) groups is 1. The molecule has 22 heavy (non-hydrogen) atoms. The zero-order chi connectivity index (χ0) is 15.5. The molecule has 1 radical (unpaired) electrons. The molecular weight excluding hydrogens is 272 g/mol. The van der Waals surface area contributed by atoms with Gasteiger partial charge in [-0.05, 0) is 49.0 Å². The van der Waals surface area contributed by atoms with E-state index in [1.165, 1.54) is 16.7 Å². The zero-order valence-corrected chi connectivity index (χ0v) is 12.8. The summed E-state index contributed by atoms with van der Waals surface area (Å²) in [5, 5.41) is 0. The summed E-state index contributed by atoms with van der Waals surface area (Å²) in [7, 11) is 1.95. The number of primary amides is 1. The van der Waals surface area contributed by atoms with Crippen LogP contribution < -0.4 is 5.73 Å². The third-order valence-corrected chi connectivity index (χ3v) is 4.42. The van der Waals surface area contributed by atoms with Gasteiger partial charge < -0.3 is 5.73 Å². The van der Waals surface area contributed by atoms with Crippen LogP contribution in [0.4, 0.5) is 0 Å². The van der Waals surface area contributed by atoms with Crippen LogP contribution in [0.3, 0.4) is 0 Å². The molecule has 1 aliphatic rings. The summed E-state index contributed by atoms with van der Waals surface area (Å²) < 4.78 is 0. The molecule has 0 bridgehead atoms. The highest BCUT2D eigenvalue weighted by Crippen LogP contribution is 2.31. The van der Waals surface area contributed by atoms with Gasteiger partial charge in [-0.1, -0.05) is 54.6 Å². The molecule has 0 saturated carbocycles. The molecule has 113 valence electrons. The van der Waals surface area contributed by atoms with Gasteiger partial charge in [-0.3, -0.25) is 9.69 Å². The Morgan fingerprint density at radius 2 is 1.68 bits per heavy atom. The third kappa shape index (κ3) is 3.04. The van der Waals surface area contributed by atoms with Crippen molar-refractivity contribution in [1.82, 2.24) is 4.90 Å². The van der Waals surface area contributed by atoms with Crippen LogP contribution in [0.25, 0.3) is 11.1 Å². The quantitative estimate of drug-likeness (QED) is 0.946. The number of piperidine rings is 1. The van der Waals surface area contributed by atoms with Crippen molar-refractivity contribution in [2.75, 3.05) is 13.6 Å². The summed E-state index contributed by atoms with van der Waals surface area (Å²) in [5.74, 6) is 0.0200. The van der Waals surface area contributed by atoms with Crippen molar-refractivity contribution in [3.8, 4) is 11.1 Å². The van der Waals surface area contributed by atoms with Crippen molar-refractivity contribution < 1.29 is 4.79 Å². The predicted octanol–water partition coefficient (Wildman–Crippen LogP) is 2.83. The van der Waals surface area contributed by atoms with Crippen LogP contribution in [0.5, 0.6) is 0 Å². The average molecular weight is 293 g/mol. The first-order chi connectivity index (χ1) is 10.6. The highest BCUT2D eigenvalue weighted by molar-refractivity contribution is 5.81. The minimum absolute atomic E-state index is 0.270. The predicted molar refractivity (Wildman–Crippen MR) is 89.1 cm³/mol. The number of hydrogen-bond donors (Lipinski definition) is 1. The van der Waals surface area contributed by atoms with E-state index >= 15 is 0 Å². The Kier molecular flexibility index (Phi) is 4.25. The first-order valence-corrected chi connectivity index (χ1v) is 7.65. The molecule has 2 aromatic rings. The van der Waals surface area contributed by atoms with Gasteiger partial charge in [0.1, 0.15) is 0 Å². The number of carbonyl (C=O) groups excluding carboxylic acids is 1. The summed E-state index contributed by atoms with van der Waals surface area (Å²) >= 11 is 0. The van der Waals surface area contributed by atoms with Gasteiger partial charge in [-0.25, -0.2) is 0 Å². The van der Waals surface area contributed by atoms with Crippen molar-refractivity contribution in [3.63, 3.8) is 0 Å². The van der Waals surface area contributed by atoms with E-state index in [2.05, 4.69) is 42.8 Å². The SMILES string of the molecule is CN1CC[C@H](c2ccc(-c3ccccc3)cc2)[CH][C@H]1C(N)=O. The second-order valence-electron chi connectivity index (χ2n) is 5.90. The molecule has 1 fully saturated rings. The molecule has 3 rings (SSSR count). The van der Waals surface area contributed by atoms with Gasteiger partial charge in [-0.2, -0.15) is 0 Å². The van der Waals surface area contributed by atoms with E-state index in [0.717, 1.165) is 13.0 Å². The highest BCUT2D eigenvalue weighted by Gasteiger charge is 2.30. The van der Waals surface area contributed by atoms with Gasteiger partial charge in [-0.15, -0.1) is 0 Å². The monoisotopic (exact) mass is 293 g/mol. The van der Waals surface area contributed by atoms with Crippen molar-refractivity contribution in [1.29, 1.82) is 0 Å². The molecule has 0 unspecified atom stereocenters. The summed E-state index contributed by atoms with van der Waals surface area (Å²) in [5.41, 5.74) is 9.17. The minimum Gasteiger partial charge on any atom is -0.368 e.